The molecule has 1 aliphatic rings. The van der Waals surface area contributed by atoms with Crippen molar-refractivity contribution < 1.29 is 17.2 Å². The molecule has 1 aromatic carbocycles. The molecule has 0 N–H and O–H groups in total. The first-order valence-corrected chi connectivity index (χ1v) is 9.57. The van der Waals surface area contributed by atoms with Gasteiger partial charge in [0, 0.05) is 32.1 Å². The van der Waals surface area contributed by atoms with E-state index in [2.05, 4.69) is 10.2 Å². The predicted molar refractivity (Wildman–Crippen MR) is 90.5 cm³/mol. The summed E-state index contributed by atoms with van der Waals surface area (Å²) >= 11 is 0. The number of aromatic nitrogens is 2. The van der Waals surface area contributed by atoms with Crippen LogP contribution in [0, 0.1) is 12.7 Å². The van der Waals surface area contributed by atoms with Crippen molar-refractivity contribution in [1.82, 2.24) is 14.5 Å². The summed E-state index contributed by atoms with van der Waals surface area (Å²) in [7, 11) is -3.65. The van der Waals surface area contributed by atoms with E-state index in [0.717, 1.165) is 0 Å². The molecule has 2 heterocycles. The maximum absolute atomic E-state index is 13.2. The van der Waals surface area contributed by atoms with Crippen LogP contribution in [0.5, 0.6) is 0 Å². The van der Waals surface area contributed by atoms with E-state index in [1.165, 1.54) is 22.5 Å². The molecule has 2 aromatic rings. The maximum Gasteiger partial charge on any atom is 0.318 e. The van der Waals surface area contributed by atoms with Gasteiger partial charge in [0.05, 0.1) is 4.90 Å². The van der Waals surface area contributed by atoms with Gasteiger partial charge in [0.2, 0.25) is 15.9 Å². The van der Waals surface area contributed by atoms with E-state index in [0.29, 0.717) is 43.6 Å². The third-order valence-corrected chi connectivity index (χ3v) is 6.25. The van der Waals surface area contributed by atoms with Crippen LogP contribution in [0.15, 0.2) is 27.5 Å². The second-order valence-electron chi connectivity index (χ2n) is 6.38. The Hall–Kier alpha value is -2.00. The molecule has 1 saturated heterocycles. The fourth-order valence-corrected chi connectivity index (χ4v) is 4.38. The third-order valence-electron chi connectivity index (χ3n) is 4.19. The third kappa shape index (κ3) is 3.52. The summed E-state index contributed by atoms with van der Waals surface area (Å²) in [5, 5.41) is 8.03. The highest BCUT2D eigenvalue weighted by atomic mass is 32.2. The highest BCUT2D eigenvalue weighted by molar-refractivity contribution is 7.89. The average Bonchev–Trinajstić information content (AvgIpc) is 3.05. The summed E-state index contributed by atoms with van der Waals surface area (Å²) in [6.07, 6.45) is 0. The molecular formula is C16H21FN4O3S. The van der Waals surface area contributed by atoms with Crippen LogP contribution in [0.25, 0.3) is 0 Å². The summed E-state index contributed by atoms with van der Waals surface area (Å²) in [6.45, 7) is 7.05. The Labute approximate surface area is 146 Å². The van der Waals surface area contributed by atoms with Crippen LogP contribution in [-0.2, 0) is 10.0 Å². The Morgan fingerprint density at radius 2 is 1.84 bits per heavy atom. The van der Waals surface area contributed by atoms with Crippen molar-refractivity contribution in [2.24, 2.45) is 0 Å². The number of sulfonamides is 1. The normalized spacial score (nSPS) is 16.6. The topological polar surface area (TPSA) is 79.5 Å². The minimum atomic E-state index is -3.65. The van der Waals surface area contributed by atoms with Crippen molar-refractivity contribution in [3.63, 3.8) is 0 Å². The Kier molecular flexibility index (Phi) is 4.79. The molecular weight excluding hydrogens is 347 g/mol. The second-order valence-corrected chi connectivity index (χ2v) is 8.28. The van der Waals surface area contributed by atoms with Crippen molar-refractivity contribution in [3.05, 3.63) is 35.5 Å². The van der Waals surface area contributed by atoms with Crippen LogP contribution in [0.4, 0.5) is 10.4 Å². The first-order chi connectivity index (χ1) is 11.8. The van der Waals surface area contributed by atoms with Crippen LogP contribution in [-0.4, -0.2) is 49.1 Å². The molecule has 0 saturated carbocycles. The lowest BCUT2D eigenvalue weighted by Crippen LogP contribution is -2.48. The van der Waals surface area contributed by atoms with Crippen LogP contribution < -0.4 is 4.90 Å². The van der Waals surface area contributed by atoms with Gasteiger partial charge in [0.15, 0.2) is 0 Å². The number of aryl methyl sites for hydroxylation is 1. The van der Waals surface area contributed by atoms with Crippen LogP contribution in [0.1, 0.15) is 31.2 Å². The van der Waals surface area contributed by atoms with E-state index in [1.54, 1.807) is 6.92 Å². The minimum absolute atomic E-state index is 0.141. The molecule has 0 bridgehead atoms. The van der Waals surface area contributed by atoms with Gasteiger partial charge in [-0.05, 0) is 30.7 Å². The van der Waals surface area contributed by atoms with E-state index in [9.17, 15) is 12.8 Å². The number of nitrogens with zero attached hydrogens (tertiary/aromatic N) is 4. The van der Waals surface area contributed by atoms with Gasteiger partial charge in [0.1, 0.15) is 5.82 Å². The van der Waals surface area contributed by atoms with E-state index in [1.807, 2.05) is 18.7 Å². The number of rotatable bonds is 4. The summed E-state index contributed by atoms with van der Waals surface area (Å²) in [5.74, 6) is 0.259. The Bertz CT molecular complexity index is 858. The number of halogens is 1. The quantitative estimate of drug-likeness (QED) is 0.823. The largest absolute Gasteiger partial charge is 0.408 e. The van der Waals surface area contributed by atoms with Crippen molar-refractivity contribution in [2.75, 3.05) is 31.1 Å². The molecule has 0 atom stereocenters. The Morgan fingerprint density at radius 3 is 2.40 bits per heavy atom. The number of hydrogen-bond donors (Lipinski definition) is 0. The molecule has 25 heavy (non-hydrogen) atoms. The van der Waals surface area contributed by atoms with Gasteiger partial charge in [-0.2, -0.15) is 4.31 Å². The molecule has 0 amide bonds. The van der Waals surface area contributed by atoms with E-state index >= 15 is 0 Å². The molecule has 1 aromatic heterocycles. The van der Waals surface area contributed by atoms with E-state index in [4.69, 9.17) is 4.42 Å². The standard InChI is InChI=1S/C16H21FN4O3S/c1-11(2)15-18-19-16(24-15)20-6-8-21(9-7-20)25(22,23)14-5-4-13(17)10-12(14)3/h4-5,10-11H,6-9H2,1-3H3. The summed E-state index contributed by atoms with van der Waals surface area (Å²) < 4.78 is 45.8. The lowest BCUT2D eigenvalue weighted by atomic mass is 10.2. The maximum atomic E-state index is 13.2. The average molecular weight is 368 g/mol. The SMILES string of the molecule is Cc1cc(F)ccc1S(=O)(=O)N1CCN(c2nnc(C(C)C)o2)CC1. The molecule has 3 rings (SSSR count). The number of piperazine rings is 1. The fraction of sp³-hybridized carbons (Fsp3) is 0.500. The second kappa shape index (κ2) is 6.72. The minimum Gasteiger partial charge on any atom is -0.408 e. The summed E-state index contributed by atoms with van der Waals surface area (Å²) in [5.41, 5.74) is 0.404. The molecule has 9 heteroatoms. The molecule has 7 nitrogen and oxygen atoms in total. The zero-order chi connectivity index (χ0) is 18.2. The summed E-state index contributed by atoms with van der Waals surface area (Å²) in [6, 6.07) is 4.13. The van der Waals surface area contributed by atoms with Gasteiger partial charge in [0.25, 0.3) is 0 Å². The Morgan fingerprint density at radius 1 is 1.16 bits per heavy atom. The number of benzene rings is 1. The number of hydrogen-bond acceptors (Lipinski definition) is 6. The fourth-order valence-electron chi connectivity index (χ4n) is 2.75. The first-order valence-electron chi connectivity index (χ1n) is 8.13. The van der Waals surface area contributed by atoms with E-state index < -0.39 is 15.8 Å². The lowest BCUT2D eigenvalue weighted by Gasteiger charge is -2.33. The van der Waals surface area contributed by atoms with E-state index in [-0.39, 0.29) is 10.8 Å². The molecule has 0 aliphatic carbocycles. The highest BCUT2D eigenvalue weighted by Gasteiger charge is 2.31. The van der Waals surface area contributed by atoms with Gasteiger partial charge < -0.3 is 9.32 Å². The van der Waals surface area contributed by atoms with Crippen LogP contribution >= 0.6 is 0 Å². The molecule has 1 fully saturated rings. The molecule has 136 valence electrons. The van der Waals surface area contributed by atoms with Gasteiger partial charge in [-0.25, -0.2) is 12.8 Å². The predicted octanol–water partition coefficient (Wildman–Crippen LogP) is 2.15. The number of anilines is 1. The van der Waals surface area contributed by atoms with Crippen molar-refractivity contribution >= 4 is 16.0 Å². The van der Waals surface area contributed by atoms with Gasteiger partial charge in [-0.15, -0.1) is 5.10 Å². The smallest absolute Gasteiger partial charge is 0.318 e. The van der Waals surface area contributed by atoms with Gasteiger partial charge in [-0.3, -0.25) is 0 Å². The highest BCUT2D eigenvalue weighted by Crippen LogP contribution is 2.24. The van der Waals surface area contributed by atoms with Crippen LogP contribution in [0.2, 0.25) is 0 Å². The molecule has 0 unspecified atom stereocenters. The Balaban J connectivity index is 1.72. The molecule has 0 radical (unpaired) electrons. The molecule has 0 spiro atoms. The van der Waals surface area contributed by atoms with Crippen molar-refractivity contribution in [1.29, 1.82) is 0 Å². The first kappa shape index (κ1) is 17.8. The lowest BCUT2D eigenvalue weighted by molar-refractivity contribution is 0.367. The van der Waals surface area contributed by atoms with Crippen molar-refractivity contribution in [3.8, 4) is 0 Å². The van der Waals surface area contributed by atoms with Gasteiger partial charge >= 0.3 is 6.01 Å². The zero-order valence-electron chi connectivity index (χ0n) is 14.4. The monoisotopic (exact) mass is 368 g/mol. The zero-order valence-corrected chi connectivity index (χ0v) is 15.3. The van der Waals surface area contributed by atoms with Crippen molar-refractivity contribution in [2.45, 2.75) is 31.6 Å². The molecule has 1 aliphatic heterocycles. The summed E-state index contributed by atoms with van der Waals surface area (Å²) in [4.78, 5) is 2.02. The van der Waals surface area contributed by atoms with Crippen LogP contribution in [0.3, 0.4) is 0 Å². The van der Waals surface area contributed by atoms with Gasteiger partial charge in [-0.1, -0.05) is 18.9 Å².